The predicted molar refractivity (Wildman–Crippen MR) is 138 cm³/mol. The Hall–Kier alpha value is -2.13. The average Bonchev–Trinajstić information content (AvgIpc) is 3.21. The highest BCUT2D eigenvalue weighted by atomic mass is 127. The summed E-state index contributed by atoms with van der Waals surface area (Å²) in [7, 11) is 3.52. The molecule has 0 radical (unpaired) electrons. The number of hydrogen-bond acceptors (Lipinski definition) is 3. The van der Waals surface area contributed by atoms with Crippen LogP contribution < -0.4 is 10.6 Å². The van der Waals surface area contributed by atoms with E-state index in [1.165, 1.54) is 18.4 Å². The average molecular weight is 535 g/mol. The van der Waals surface area contributed by atoms with E-state index in [-0.39, 0.29) is 36.4 Å². The second kappa shape index (κ2) is 13.3. The Morgan fingerprint density at radius 2 is 1.68 bits per heavy atom. The summed E-state index contributed by atoms with van der Waals surface area (Å²) in [4.78, 5) is 20.8. The second-order valence-corrected chi connectivity index (χ2v) is 7.93. The Balaban J connectivity index is 0.00000341. The van der Waals surface area contributed by atoms with Crippen LogP contribution in [-0.4, -0.2) is 61.4 Å². The van der Waals surface area contributed by atoms with Crippen LogP contribution in [0.3, 0.4) is 0 Å². The van der Waals surface area contributed by atoms with Crippen LogP contribution in [0, 0.1) is 0 Å². The molecule has 168 valence electrons. The van der Waals surface area contributed by atoms with Gasteiger partial charge in [0.2, 0.25) is 5.91 Å². The number of carbonyl (C=O) groups is 1. The summed E-state index contributed by atoms with van der Waals surface area (Å²) < 4.78 is 0. The van der Waals surface area contributed by atoms with Crippen molar-refractivity contribution in [3.63, 3.8) is 0 Å². The molecule has 1 saturated heterocycles. The first-order valence-corrected chi connectivity index (χ1v) is 10.7. The third kappa shape index (κ3) is 8.49. The van der Waals surface area contributed by atoms with E-state index in [1.54, 1.807) is 19.0 Å². The van der Waals surface area contributed by atoms with Crippen LogP contribution in [0.1, 0.15) is 24.0 Å². The van der Waals surface area contributed by atoms with Gasteiger partial charge in [0.05, 0.1) is 13.1 Å². The molecule has 1 unspecified atom stereocenters. The minimum atomic E-state index is 0. The molecule has 2 aromatic rings. The molecule has 3 rings (SSSR count). The maximum atomic E-state index is 12.0. The van der Waals surface area contributed by atoms with Crippen molar-refractivity contribution in [1.29, 1.82) is 0 Å². The van der Waals surface area contributed by atoms with Crippen molar-refractivity contribution in [2.75, 3.05) is 33.7 Å². The number of nitrogens with one attached hydrogen (secondary N) is 2. The van der Waals surface area contributed by atoms with E-state index < -0.39 is 0 Å². The molecule has 1 heterocycles. The SMILES string of the molecule is CN(C)C(=O)CNC(=NCc1ccccc1)NCC1CCCN1Cc1ccccc1.I. The van der Waals surface area contributed by atoms with Crippen LogP contribution in [-0.2, 0) is 17.9 Å². The van der Waals surface area contributed by atoms with Gasteiger partial charge in [-0.2, -0.15) is 0 Å². The molecule has 0 bridgehead atoms. The summed E-state index contributed by atoms with van der Waals surface area (Å²) in [5, 5.41) is 6.66. The van der Waals surface area contributed by atoms with Gasteiger partial charge in [0.25, 0.3) is 0 Å². The standard InChI is InChI=1S/C24H33N5O.HI/c1-28(2)23(30)18-27-24(25-16-20-10-5-3-6-11-20)26-17-22-14-9-15-29(22)19-21-12-7-4-8-13-21;/h3-8,10-13,22H,9,14-19H2,1-2H3,(H2,25,26,27);1H. The molecule has 2 aromatic carbocycles. The summed E-state index contributed by atoms with van der Waals surface area (Å²) in [6, 6.07) is 21.2. The summed E-state index contributed by atoms with van der Waals surface area (Å²) in [6.45, 7) is 3.70. The van der Waals surface area contributed by atoms with Crippen molar-refractivity contribution >= 4 is 35.8 Å². The van der Waals surface area contributed by atoms with Crippen molar-refractivity contribution in [3.8, 4) is 0 Å². The van der Waals surface area contributed by atoms with Gasteiger partial charge < -0.3 is 15.5 Å². The molecule has 0 saturated carbocycles. The maximum absolute atomic E-state index is 12.0. The van der Waals surface area contributed by atoms with Crippen molar-refractivity contribution < 1.29 is 4.79 Å². The Bertz CT molecular complexity index is 813. The number of nitrogens with zero attached hydrogens (tertiary/aromatic N) is 3. The quantitative estimate of drug-likeness (QED) is 0.310. The fourth-order valence-electron chi connectivity index (χ4n) is 3.61. The molecule has 6 nitrogen and oxygen atoms in total. The van der Waals surface area contributed by atoms with Crippen LogP contribution in [0.4, 0.5) is 0 Å². The Kier molecular flexibility index (Phi) is 10.8. The maximum Gasteiger partial charge on any atom is 0.241 e. The lowest BCUT2D eigenvalue weighted by atomic mass is 10.2. The number of aliphatic imine (C=N–C) groups is 1. The summed E-state index contributed by atoms with van der Waals surface area (Å²) in [6.07, 6.45) is 2.38. The van der Waals surface area contributed by atoms with Crippen LogP contribution >= 0.6 is 24.0 Å². The molecule has 31 heavy (non-hydrogen) atoms. The van der Waals surface area contributed by atoms with E-state index in [0.717, 1.165) is 25.2 Å². The summed E-state index contributed by atoms with van der Waals surface area (Å²) in [5.41, 5.74) is 2.49. The van der Waals surface area contributed by atoms with E-state index in [9.17, 15) is 4.79 Å². The van der Waals surface area contributed by atoms with Crippen molar-refractivity contribution in [2.45, 2.75) is 32.0 Å². The van der Waals surface area contributed by atoms with Gasteiger partial charge in [-0.05, 0) is 30.5 Å². The first-order valence-electron chi connectivity index (χ1n) is 10.7. The van der Waals surface area contributed by atoms with Crippen LogP contribution in [0.2, 0.25) is 0 Å². The number of halogens is 1. The second-order valence-electron chi connectivity index (χ2n) is 7.93. The zero-order chi connectivity index (χ0) is 21.2. The minimum absolute atomic E-state index is 0. The highest BCUT2D eigenvalue weighted by Gasteiger charge is 2.24. The monoisotopic (exact) mass is 535 g/mol. The molecule has 0 spiro atoms. The normalized spacial score (nSPS) is 16.5. The first-order chi connectivity index (χ1) is 14.6. The van der Waals surface area contributed by atoms with Gasteiger partial charge in [-0.3, -0.25) is 9.69 Å². The van der Waals surface area contributed by atoms with E-state index in [0.29, 0.717) is 18.5 Å². The minimum Gasteiger partial charge on any atom is -0.355 e. The van der Waals surface area contributed by atoms with Crippen molar-refractivity contribution in [3.05, 3.63) is 71.8 Å². The fraction of sp³-hybridized carbons (Fsp3) is 0.417. The van der Waals surface area contributed by atoms with Gasteiger partial charge in [-0.1, -0.05) is 60.7 Å². The summed E-state index contributed by atoms with van der Waals surface area (Å²) >= 11 is 0. The van der Waals surface area contributed by atoms with Gasteiger partial charge in [-0.15, -0.1) is 24.0 Å². The molecule has 1 amide bonds. The molecule has 1 atom stereocenters. The van der Waals surface area contributed by atoms with Gasteiger partial charge in [-0.25, -0.2) is 4.99 Å². The fourth-order valence-corrected chi connectivity index (χ4v) is 3.61. The smallest absolute Gasteiger partial charge is 0.241 e. The zero-order valence-corrected chi connectivity index (χ0v) is 20.8. The third-order valence-electron chi connectivity index (χ3n) is 5.40. The van der Waals surface area contributed by atoms with E-state index in [1.807, 2.05) is 18.2 Å². The Labute approximate surface area is 203 Å². The predicted octanol–water partition coefficient (Wildman–Crippen LogP) is 3.09. The summed E-state index contributed by atoms with van der Waals surface area (Å²) in [5.74, 6) is 0.705. The van der Waals surface area contributed by atoms with Gasteiger partial charge in [0.15, 0.2) is 5.96 Å². The lowest BCUT2D eigenvalue weighted by Gasteiger charge is -2.25. The lowest BCUT2D eigenvalue weighted by molar-refractivity contribution is -0.127. The highest BCUT2D eigenvalue weighted by Crippen LogP contribution is 2.19. The molecule has 1 fully saturated rings. The highest BCUT2D eigenvalue weighted by molar-refractivity contribution is 14.0. The number of guanidine groups is 1. The number of rotatable bonds is 8. The largest absolute Gasteiger partial charge is 0.355 e. The molecule has 1 aliphatic rings. The van der Waals surface area contributed by atoms with Crippen molar-refractivity contribution in [1.82, 2.24) is 20.4 Å². The van der Waals surface area contributed by atoms with Crippen LogP contribution in [0.5, 0.6) is 0 Å². The van der Waals surface area contributed by atoms with Gasteiger partial charge >= 0.3 is 0 Å². The number of likely N-dealkylation sites (tertiary alicyclic amines) is 1. The number of benzene rings is 2. The lowest BCUT2D eigenvalue weighted by Crippen LogP contribution is -2.47. The molecule has 1 aliphatic heterocycles. The molecule has 2 N–H and O–H groups in total. The Morgan fingerprint density at radius 1 is 1.03 bits per heavy atom. The zero-order valence-electron chi connectivity index (χ0n) is 18.5. The molecule has 0 aromatic heterocycles. The Morgan fingerprint density at radius 3 is 2.32 bits per heavy atom. The molecule has 0 aliphatic carbocycles. The number of amides is 1. The number of carbonyl (C=O) groups excluding carboxylic acids is 1. The number of likely N-dealkylation sites (N-methyl/N-ethyl adjacent to an activating group) is 1. The van der Waals surface area contributed by atoms with Crippen molar-refractivity contribution in [2.24, 2.45) is 4.99 Å². The molecular formula is C24H34IN5O. The van der Waals surface area contributed by atoms with Crippen LogP contribution in [0.25, 0.3) is 0 Å². The van der Waals surface area contributed by atoms with E-state index >= 15 is 0 Å². The van der Waals surface area contributed by atoms with Crippen LogP contribution in [0.15, 0.2) is 65.7 Å². The molecular weight excluding hydrogens is 501 g/mol. The topological polar surface area (TPSA) is 60.0 Å². The molecule has 7 heteroatoms. The van der Waals surface area contributed by atoms with Gasteiger partial charge in [0, 0.05) is 33.2 Å². The van der Waals surface area contributed by atoms with E-state index in [2.05, 4.69) is 58.0 Å². The first kappa shape index (κ1) is 25.1. The van der Waals surface area contributed by atoms with Gasteiger partial charge in [0.1, 0.15) is 0 Å². The third-order valence-corrected chi connectivity index (χ3v) is 5.40. The number of hydrogen-bond donors (Lipinski definition) is 2. The van der Waals surface area contributed by atoms with E-state index in [4.69, 9.17) is 4.99 Å².